The molecule has 3 aliphatic heterocycles. The van der Waals surface area contributed by atoms with Crippen molar-refractivity contribution in [2.75, 3.05) is 19.6 Å². The molecule has 122 valence electrons. The molecule has 3 heterocycles. The number of nitrogens with zero attached hydrogens (tertiary/aromatic N) is 1. The SMILES string of the molecule is Oc1ccc(-c2ccc(C#CC3(O)CN4CCC3CC4)cc2)cc1. The van der Waals surface area contributed by atoms with Gasteiger partial charge in [-0.25, -0.2) is 0 Å². The fourth-order valence-corrected chi connectivity index (χ4v) is 3.76. The van der Waals surface area contributed by atoms with Crippen LogP contribution in [0.3, 0.4) is 0 Å². The van der Waals surface area contributed by atoms with Crippen LogP contribution < -0.4 is 0 Å². The number of hydrogen-bond acceptors (Lipinski definition) is 3. The van der Waals surface area contributed by atoms with Gasteiger partial charge in [-0.05, 0) is 61.3 Å². The summed E-state index contributed by atoms with van der Waals surface area (Å²) in [6.45, 7) is 2.86. The minimum atomic E-state index is -0.855. The van der Waals surface area contributed by atoms with Crippen molar-refractivity contribution in [1.29, 1.82) is 0 Å². The zero-order chi connectivity index (χ0) is 16.6. The van der Waals surface area contributed by atoms with Gasteiger partial charge in [-0.15, -0.1) is 0 Å². The Bertz CT molecular complexity index is 777. The summed E-state index contributed by atoms with van der Waals surface area (Å²) in [4.78, 5) is 2.31. The monoisotopic (exact) mass is 319 g/mol. The first kappa shape index (κ1) is 15.3. The van der Waals surface area contributed by atoms with Gasteiger partial charge in [0, 0.05) is 18.0 Å². The van der Waals surface area contributed by atoms with E-state index in [0.717, 1.165) is 42.6 Å². The fraction of sp³-hybridized carbons (Fsp3) is 0.333. The lowest BCUT2D eigenvalue weighted by Gasteiger charge is -2.47. The number of fused-ring (bicyclic) bond motifs is 3. The largest absolute Gasteiger partial charge is 0.508 e. The summed E-state index contributed by atoms with van der Waals surface area (Å²) in [5, 5.41) is 20.2. The second kappa shape index (κ2) is 5.98. The molecule has 0 aromatic heterocycles. The van der Waals surface area contributed by atoms with Gasteiger partial charge in [0.1, 0.15) is 11.4 Å². The van der Waals surface area contributed by atoms with Crippen molar-refractivity contribution in [2.24, 2.45) is 5.92 Å². The van der Waals surface area contributed by atoms with Gasteiger partial charge in [-0.2, -0.15) is 0 Å². The third-order valence-electron chi connectivity index (χ3n) is 5.24. The Morgan fingerprint density at radius 3 is 2.04 bits per heavy atom. The summed E-state index contributed by atoms with van der Waals surface area (Å²) in [6.07, 6.45) is 2.09. The number of phenolic OH excluding ortho intramolecular Hbond substituents is 1. The van der Waals surface area contributed by atoms with Crippen molar-refractivity contribution in [3.8, 4) is 28.7 Å². The molecule has 0 spiro atoms. The number of hydrogen-bond donors (Lipinski definition) is 2. The van der Waals surface area contributed by atoms with Gasteiger partial charge in [0.05, 0.1) is 0 Å². The Balaban J connectivity index is 1.53. The lowest BCUT2D eigenvalue weighted by atomic mass is 9.76. The lowest BCUT2D eigenvalue weighted by molar-refractivity contribution is -0.0713. The summed E-state index contributed by atoms with van der Waals surface area (Å²) in [5.74, 6) is 6.89. The summed E-state index contributed by atoms with van der Waals surface area (Å²) < 4.78 is 0. The third kappa shape index (κ3) is 2.91. The molecule has 2 aromatic carbocycles. The maximum atomic E-state index is 10.8. The molecule has 2 bridgehead atoms. The summed E-state index contributed by atoms with van der Waals surface area (Å²) in [6, 6.07) is 15.2. The number of benzene rings is 2. The Morgan fingerprint density at radius 1 is 0.917 bits per heavy atom. The van der Waals surface area contributed by atoms with Crippen LogP contribution in [0.15, 0.2) is 48.5 Å². The Kier molecular flexibility index (Phi) is 3.80. The van der Waals surface area contributed by atoms with Gasteiger partial charge >= 0.3 is 0 Å². The van der Waals surface area contributed by atoms with E-state index in [1.807, 2.05) is 36.4 Å². The van der Waals surface area contributed by atoms with E-state index in [1.54, 1.807) is 12.1 Å². The van der Waals surface area contributed by atoms with E-state index < -0.39 is 5.60 Å². The highest BCUT2D eigenvalue weighted by atomic mass is 16.3. The van der Waals surface area contributed by atoms with Crippen LogP contribution in [0.4, 0.5) is 0 Å². The topological polar surface area (TPSA) is 43.7 Å². The number of rotatable bonds is 1. The zero-order valence-corrected chi connectivity index (χ0v) is 13.6. The number of aromatic hydroxyl groups is 1. The van der Waals surface area contributed by atoms with Crippen molar-refractivity contribution in [2.45, 2.75) is 18.4 Å². The minimum absolute atomic E-state index is 0.270. The highest BCUT2D eigenvalue weighted by Crippen LogP contribution is 2.35. The first-order chi connectivity index (χ1) is 11.6. The quantitative estimate of drug-likeness (QED) is 0.795. The normalized spacial score (nSPS) is 28.2. The molecule has 0 saturated carbocycles. The van der Waals surface area contributed by atoms with E-state index in [2.05, 4.69) is 16.7 Å². The summed E-state index contributed by atoms with van der Waals surface area (Å²) in [5.41, 5.74) is 2.21. The van der Waals surface area contributed by atoms with Gasteiger partial charge in [-0.3, -0.25) is 4.90 Å². The summed E-state index contributed by atoms with van der Waals surface area (Å²) in [7, 11) is 0. The van der Waals surface area contributed by atoms with Crippen molar-refractivity contribution < 1.29 is 10.2 Å². The second-order valence-electron chi connectivity index (χ2n) is 6.85. The van der Waals surface area contributed by atoms with E-state index in [1.165, 1.54) is 0 Å². The molecule has 3 fully saturated rings. The first-order valence-electron chi connectivity index (χ1n) is 8.50. The van der Waals surface area contributed by atoms with Gasteiger partial charge in [0.2, 0.25) is 0 Å². The van der Waals surface area contributed by atoms with Crippen LogP contribution >= 0.6 is 0 Å². The smallest absolute Gasteiger partial charge is 0.141 e. The second-order valence-corrected chi connectivity index (χ2v) is 6.85. The molecular formula is C21H21NO2. The van der Waals surface area contributed by atoms with Crippen LogP contribution in [0.1, 0.15) is 18.4 Å². The van der Waals surface area contributed by atoms with Crippen molar-refractivity contribution in [3.05, 3.63) is 54.1 Å². The van der Waals surface area contributed by atoms with Crippen LogP contribution in [-0.2, 0) is 0 Å². The van der Waals surface area contributed by atoms with Crippen LogP contribution in [0.25, 0.3) is 11.1 Å². The molecule has 24 heavy (non-hydrogen) atoms. The first-order valence-corrected chi connectivity index (χ1v) is 8.50. The van der Waals surface area contributed by atoms with Crippen molar-refractivity contribution >= 4 is 0 Å². The standard InChI is InChI=1S/C21H21NO2/c23-20-7-5-18(6-8-20)17-3-1-16(2-4-17)9-12-21(24)15-22-13-10-19(21)11-14-22/h1-8,19,23-24H,10-11,13-15H2. The molecule has 0 radical (unpaired) electrons. The van der Waals surface area contributed by atoms with Crippen LogP contribution in [0.2, 0.25) is 0 Å². The average Bonchev–Trinajstić information content (AvgIpc) is 2.62. The minimum Gasteiger partial charge on any atom is -0.508 e. The van der Waals surface area contributed by atoms with Crippen LogP contribution in [0.5, 0.6) is 5.75 Å². The van der Waals surface area contributed by atoms with Gasteiger partial charge in [0.15, 0.2) is 0 Å². The van der Waals surface area contributed by atoms with Gasteiger partial charge < -0.3 is 10.2 Å². The van der Waals surface area contributed by atoms with E-state index in [9.17, 15) is 10.2 Å². The Hall–Kier alpha value is -2.28. The van der Waals surface area contributed by atoms with Crippen molar-refractivity contribution in [3.63, 3.8) is 0 Å². The van der Waals surface area contributed by atoms with E-state index >= 15 is 0 Å². The van der Waals surface area contributed by atoms with E-state index in [-0.39, 0.29) is 5.75 Å². The van der Waals surface area contributed by atoms with Crippen molar-refractivity contribution in [1.82, 2.24) is 4.90 Å². The van der Waals surface area contributed by atoms with Gasteiger partial charge in [0.25, 0.3) is 0 Å². The average molecular weight is 319 g/mol. The number of aliphatic hydroxyl groups is 1. The zero-order valence-electron chi connectivity index (χ0n) is 13.6. The maximum Gasteiger partial charge on any atom is 0.141 e. The van der Waals surface area contributed by atoms with E-state index in [0.29, 0.717) is 12.5 Å². The molecule has 0 aliphatic carbocycles. The molecule has 0 amide bonds. The fourth-order valence-electron chi connectivity index (χ4n) is 3.76. The predicted octanol–water partition coefficient (Wildman–Crippen LogP) is 2.87. The molecule has 3 heteroatoms. The van der Waals surface area contributed by atoms with Gasteiger partial charge in [-0.1, -0.05) is 36.1 Å². The predicted molar refractivity (Wildman–Crippen MR) is 94.5 cm³/mol. The maximum absolute atomic E-state index is 10.8. The molecular weight excluding hydrogens is 298 g/mol. The molecule has 3 saturated heterocycles. The Labute approximate surface area is 142 Å². The molecule has 1 atom stereocenters. The molecule has 2 N–H and O–H groups in total. The molecule has 5 rings (SSSR count). The third-order valence-corrected chi connectivity index (χ3v) is 5.24. The molecule has 2 aromatic rings. The molecule has 3 nitrogen and oxygen atoms in total. The number of piperidine rings is 3. The summed E-state index contributed by atoms with van der Waals surface area (Å²) >= 11 is 0. The number of phenols is 1. The van der Waals surface area contributed by atoms with Crippen LogP contribution in [0, 0.1) is 17.8 Å². The highest BCUT2D eigenvalue weighted by Gasteiger charge is 2.44. The van der Waals surface area contributed by atoms with E-state index in [4.69, 9.17) is 0 Å². The highest BCUT2D eigenvalue weighted by molar-refractivity contribution is 5.65. The lowest BCUT2D eigenvalue weighted by Crippen LogP contribution is -2.58. The van der Waals surface area contributed by atoms with Crippen LogP contribution in [-0.4, -0.2) is 40.3 Å². The Morgan fingerprint density at radius 2 is 1.50 bits per heavy atom. The molecule has 1 unspecified atom stereocenters. The molecule has 3 aliphatic rings.